The van der Waals surface area contributed by atoms with Gasteiger partial charge >= 0.3 is 5.97 Å². The molecule has 1 heterocycles. The third-order valence-electron chi connectivity index (χ3n) is 3.97. The molecule has 22 heavy (non-hydrogen) atoms. The quantitative estimate of drug-likeness (QED) is 0.766. The molecule has 0 aliphatic carbocycles. The summed E-state index contributed by atoms with van der Waals surface area (Å²) >= 11 is 0. The SMILES string of the molecule is COCCOc1ccccc1N1CCN(C(C)C(=O)O)CC1. The van der Waals surface area contributed by atoms with Crippen molar-refractivity contribution in [2.75, 3.05) is 51.4 Å². The molecular weight excluding hydrogens is 284 g/mol. The maximum absolute atomic E-state index is 11.1. The summed E-state index contributed by atoms with van der Waals surface area (Å²) in [7, 11) is 1.65. The van der Waals surface area contributed by atoms with E-state index in [9.17, 15) is 4.79 Å². The first-order valence-corrected chi connectivity index (χ1v) is 7.56. The van der Waals surface area contributed by atoms with Gasteiger partial charge in [0.05, 0.1) is 12.3 Å². The van der Waals surface area contributed by atoms with Crippen LogP contribution in [0.25, 0.3) is 0 Å². The number of anilines is 1. The fraction of sp³-hybridized carbons (Fsp3) is 0.562. The van der Waals surface area contributed by atoms with Gasteiger partial charge < -0.3 is 19.5 Å². The number of hydrogen-bond donors (Lipinski definition) is 1. The van der Waals surface area contributed by atoms with Crippen molar-refractivity contribution in [3.63, 3.8) is 0 Å². The fourth-order valence-electron chi connectivity index (χ4n) is 2.58. The van der Waals surface area contributed by atoms with Crippen molar-refractivity contribution in [3.8, 4) is 5.75 Å². The Labute approximate surface area is 131 Å². The van der Waals surface area contributed by atoms with Crippen LogP contribution < -0.4 is 9.64 Å². The van der Waals surface area contributed by atoms with E-state index in [0.29, 0.717) is 13.2 Å². The van der Waals surface area contributed by atoms with E-state index in [1.807, 2.05) is 29.2 Å². The molecule has 1 aromatic carbocycles. The normalized spacial score (nSPS) is 17.3. The molecule has 122 valence electrons. The van der Waals surface area contributed by atoms with Gasteiger partial charge in [-0.3, -0.25) is 9.69 Å². The zero-order valence-corrected chi connectivity index (χ0v) is 13.2. The van der Waals surface area contributed by atoms with Crippen LogP contribution in [0.3, 0.4) is 0 Å². The van der Waals surface area contributed by atoms with Gasteiger partial charge in [-0.1, -0.05) is 12.1 Å². The Balaban J connectivity index is 1.97. The minimum absolute atomic E-state index is 0.435. The third kappa shape index (κ3) is 4.11. The molecule has 1 aromatic rings. The third-order valence-corrected chi connectivity index (χ3v) is 3.97. The Morgan fingerprint density at radius 2 is 1.91 bits per heavy atom. The Morgan fingerprint density at radius 3 is 2.55 bits per heavy atom. The van der Waals surface area contributed by atoms with Crippen LogP contribution in [0.1, 0.15) is 6.92 Å². The number of para-hydroxylation sites is 2. The number of piperazine rings is 1. The molecule has 0 saturated carbocycles. The lowest BCUT2D eigenvalue weighted by atomic mass is 10.2. The van der Waals surface area contributed by atoms with E-state index < -0.39 is 12.0 Å². The number of benzene rings is 1. The van der Waals surface area contributed by atoms with Gasteiger partial charge in [0.15, 0.2) is 0 Å². The first kappa shape index (κ1) is 16.6. The summed E-state index contributed by atoms with van der Waals surface area (Å²) in [4.78, 5) is 15.3. The van der Waals surface area contributed by atoms with E-state index in [1.165, 1.54) is 0 Å². The number of methoxy groups -OCH3 is 1. The number of carboxylic acid groups (broad SMARTS) is 1. The van der Waals surface area contributed by atoms with Crippen molar-refractivity contribution in [1.82, 2.24) is 4.90 Å². The van der Waals surface area contributed by atoms with Gasteiger partial charge in [-0.2, -0.15) is 0 Å². The molecule has 0 bridgehead atoms. The van der Waals surface area contributed by atoms with Gasteiger partial charge in [0.1, 0.15) is 18.4 Å². The van der Waals surface area contributed by atoms with Crippen LogP contribution in [0.4, 0.5) is 5.69 Å². The Morgan fingerprint density at radius 1 is 1.23 bits per heavy atom. The van der Waals surface area contributed by atoms with Crippen LogP contribution in [-0.4, -0.2) is 68.5 Å². The summed E-state index contributed by atoms with van der Waals surface area (Å²) in [5.74, 6) is 0.0797. The number of rotatable bonds is 7. The van der Waals surface area contributed by atoms with Crippen LogP contribution in [0.15, 0.2) is 24.3 Å². The van der Waals surface area contributed by atoms with Crippen LogP contribution in [0.5, 0.6) is 5.75 Å². The number of carbonyl (C=O) groups is 1. The highest BCUT2D eigenvalue weighted by Gasteiger charge is 2.26. The van der Waals surface area contributed by atoms with Crippen LogP contribution in [0, 0.1) is 0 Å². The molecule has 1 atom stereocenters. The smallest absolute Gasteiger partial charge is 0.320 e. The standard InChI is InChI=1S/C16H24N2O4/c1-13(16(19)20)17-7-9-18(10-8-17)14-5-3-4-6-15(14)22-12-11-21-2/h3-6,13H,7-12H2,1-2H3,(H,19,20). The molecule has 6 heteroatoms. The molecule has 1 saturated heterocycles. The van der Waals surface area contributed by atoms with Crippen LogP contribution in [0.2, 0.25) is 0 Å². The summed E-state index contributed by atoms with van der Waals surface area (Å²) in [5, 5.41) is 9.09. The van der Waals surface area contributed by atoms with Gasteiger partial charge in [-0.05, 0) is 19.1 Å². The summed E-state index contributed by atoms with van der Waals surface area (Å²) < 4.78 is 10.8. The number of ether oxygens (including phenoxy) is 2. The lowest BCUT2D eigenvalue weighted by Crippen LogP contribution is -2.51. The second-order valence-corrected chi connectivity index (χ2v) is 5.35. The molecule has 2 rings (SSSR count). The number of hydrogen-bond acceptors (Lipinski definition) is 5. The lowest BCUT2D eigenvalue weighted by molar-refractivity contribution is -0.142. The number of nitrogens with zero attached hydrogens (tertiary/aromatic N) is 2. The molecule has 1 unspecified atom stereocenters. The largest absolute Gasteiger partial charge is 0.489 e. The van der Waals surface area contributed by atoms with Crippen LogP contribution >= 0.6 is 0 Å². The zero-order valence-electron chi connectivity index (χ0n) is 13.2. The topological polar surface area (TPSA) is 62.2 Å². The molecule has 6 nitrogen and oxygen atoms in total. The Hall–Kier alpha value is -1.79. The molecule has 0 amide bonds. The van der Waals surface area contributed by atoms with Gasteiger partial charge in [0, 0.05) is 33.3 Å². The molecule has 1 fully saturated rings. The van der Waals surface area contributed by atoms with E-state index in [0.717, 1.165) is 37.6 Å². The molecule has 0 aromatic heterocycles. The highest BCUT2D eigenvalue weighted by molar-refractivity contribution is 5.73. The summed E-state index contributed by atoms with van der Waals surface area (Å²) in [6.45, 7) is 5.87. The molecule has 0 spiro atoms. The maximum Gasteiger partial charge on any atom is 0.320 e. The monoisotopic (exact) mass is 308 g/mol. The van der Waals surface area contributed by atoms with Crippen LogP contribution in [-0.2, 0) is 9.53 Å². The average molecular weight is 308 g/mol. The molecule has 1 N–H and O–H groups in total. The summed E-state index contributed by atoms with van der Waals surface area (Å²) in [6, 6.07) is 7.50. The van der Waals surface area contributed by atoms with Gasteiger partial charge in [-0.25, -0.2) is 0 Å². The van der Waals surface area contributed by atoms with E-state index in [-0.39, 0.29) is 0 Å². The van der Waals surface area contributed by atoms with Crippen molar-refractivity contribution in [2.45, 2.75) is 13.0 Å². The highest BCUT2D eigenvalue weighted by atomic mass is 16.5. The zero-order chi connectivity index (χ0) is 15.9. The van der Waals surface area contributed by atoms with E-state index >= 15 is 0 Å². The Kier molecular flexibility index (Phi) is 6.03. The van der Waals surface area contributed by atoms with Gasteiger partial charge in [0.25, 0.3) is 0 Å². The van der Waals surface area contributed by atoms with E-state index in [4.69, 9.17) is 14.6 Å². The first-order chi connectivity index (χ1) is 10.6. The molecular formula is C16H24N2O4. The van der Waals surface area contributed by atoms with Crippen molar-refractivity contribution in [3.05, 3.63) is 24.3 Å². The summed E-state index contributed by atoms with van der Waals surface area (Å²) in [5.41, 5.74) is 1.06. The fourth-order valence-corrected chi connectivity index (χ4v) is 2.58. The molecule has 1 aliphatic rings. The Bertz CT molecular complexity index is 487. The highest BCUT2D eigenvalue weighted by Crippen LogP contribution is 2.29. The minimum atomic E-state index is -0.767. The van der Waals surface area contributed by atoms with Gasteiger partial charge in [-0.15, -0.1) is 0 Å². The number of carboxylic acids is 1. The second-order valence-electron chi connectivity index (χ2n) is 5.35. The predicted molar refractivity (Wildman–Crippen MR) is 84.7 cm³/mol. The number of aliphatic carboxylic acids is 1. The first-order valence-electron chi connectivity index (χ1n) is 7.56. The average Bonchev–Trinajstić information content (AvgIpc) is 2.55. The van der Waals surface area contributed by atoms with Crippen molar-refractivity contribution in [2.24, 2.45) is 0 Å². The molecule has 0 radical (unpaired) electrons. The summed E-state index contributed by atoms with van der Waals surface area (Å²) in [6.07, 6.45) is 0. The minimum Gasteiger partial charge on any atom is -0.489 e. The van der Waals surface area contributed by atoms with Crippen molar-refractivity contribution in [1.29, 1.82) is 0 Å². The predicted octanol–water partition coefficient (Wildman–Crippen LogP) is 1.31. The van der Waals surface area contributed by atoms with Crippen molar-refractivity contribution < 1.29 is 19.4 Å². The van der Waals surface area contributed by atoms with E-state index in [1.54, 1.807) is 14.0 Å². The second kappa shape index (κ2) is 8.00. The van der Waals surface area contributed by atoms with E-state index in [2.05, 4.69) is 4.90 Å². The molecule has 1 aliphatic heterocycles. The lowest BCUT2D eigenvalue weighted by Gasteiger charge is -2.38. The maximum atomic E-state index is 11.1. The van der Waals surface area contributed by atoms with Gasteiger partial charge in [0.2, 0.25) is 0 Å². The van der Waals surface area contributed by atoms with Crippen molar-refractivity contribution >= 4 is 11.7 Å².